The van der Waals surface area contributed by atoms with Crippen LogP contribution in [0.4, 0.5) is 0 Å². The zero-order valence-corrected chi connectivity index (χ0v) is 13.4. The number of carbonyl (C=O) groups excluding carboxylic acids is 1. The molecule has 8 atom stereocenters. The second kappa shape index (κ2) is 3.60. The topological polar surface area (TPSA) is 29.4 Å². The van der Waals surface area contributed by atoms with Gasteiger partial charge in [0.1, 0.15) is 5.54 Å². The molecule has 22 heavy (non-hydrogen) atoms. The van der Waals surface area contributed by atoms with E-state index in [0.29, 0.717) is 11.2 Å². The van der Waals surface area contributed by atoms with Gasteiger partial charge in [0.15, 0.2) is 5.78 Å². The third kappa shape index (κ3) is 1.27. The van der Waals surface area contributed by atoms with Crippen molar-refractivity contribution in [2.24, 2.45) is 45.9 Å². The molecule has 0 amide bonds. The Morgan fingerprint density at radius 1 is 1.14 bits per heavy atom. The fourth-order valence-electron chi connectivity index (χ4n) is 7.56. The standard InChI is InChI=1S/C20H25NO/c1-19-6-4-13-12-3-2-11(22)8-14(12)15-9-16(15)18(13)17(19)5-7-20(19)10-21-20/h8,10,12-13,15-18H,2-7,9H2,1H3/t12-,13-,15-,16-,17+,18+,19+,20-/m1/s1. The molecule has 4 fully saturated rings. The fraction of sp³-hybridized carbons (Fsp3) is 0.800. The number of ketones is 1. The monoisotopic (exact) mass is 295 g/mol. The van der Waals surface area contributed by atoms with Crippen LogP contribution in [0.2, 0.25) is 0 Å². The second-order valence-corrected chi connectivity index (χ2v) is 9.29. The molecule has 0 aromatic carbocycles. The van der Waals surface area contributed by atoms with Gasteiger partial charge in [0.2, 0.25) is 0 Å². The number of nitrogens with zero attached hydrogens (tertiary/aromatic N) is 1. The number of hydrogen-bond donors (Lipinski definition) is 0. The minimum absolute atomic E-state index is 0.283. The Bertz CT molecular complexity index is 640. The third-order valence-electron chi connectivity index (χ3n) is 8.78. The molecule has 0 aromatic heterocycles. The molecule has 0 bridgehead atoms. The molecular formula is C20H25NO. The van der Waals surface area contributed by atoms with Crippen molar-refractivity contribution < 1.29 is 4.79 Å². The van der Waals surface area contributed by atoms with Crippen LogP contribution < -0.4 is 0 Å². The summed E-state index contributed by atoms with van der Waals surface area (Å²) in [6.07, 6.45) is 13.2. The van der Waals surface area contributed by atoms with E-state index in [1.54, 1.807) is 5.57 Å². The van der Waals surface area contributed by atoms with Crippen molar-refractivity contribution in [3.05, 3.63) is 11.6 Å². The molecule has 116 valence electrons. The summed E-state index contributed by atoms with van der Waals surface area (Å²) < 4.78 is 0. The zero-order chi connectivity index (χ0) is 14.7. The molecule has 0 N–H and O–H groups in total. The lowest BCUT2D eigenvalue weighted by Crippen LogP contribution is -2.50. The first kappa shape index (κ1) is 12.5. The minimum atomic E-state index is 0.283. The van der Waals surface area contributed by atoms with Crippen molar-refractivity contribution in [2.45, 2.75) is 57.4 Å². The van der Waals surface area contributed by atoms with E-state index < -0.39 is 0 Å². The molecule has 6 aliphatic rings. The summed E-state index contributed by atoms with van der Waals surface area (Å²) in [6.45, 7) is 2.56. The van der Waals surface area contributed by atoms with Crippen LogP contribution in [0.15, 0.2) is 16.6 Å². The molecule has 4 saturated carbocycles. The number of hydrogen-bond acceptors (Lipinski definition) is 2. The first-order valence-electron chi connectivity index (χ1n) is 9.44. The van der Waals surface area contributed by atoms with Crippen molar-refractivity contribution in [2.75, 3.05) is 0 Å². The van der Waals surface area contributed by atoms with Gasteiger partial charge in [-0.05, 0) is 80.1 Å². The summed E-state index contributed by atoms with van der Waals surface area (Å²) >= 11 is 0. The normalized spacial score (nSPS) is 60.2. The van der Waals surface area contributed by atoms with E-state index in [2.05, 4.69) is 19.2 Å². The van der Waals surface area contributed by atoms with Crippen LogP contribution in [0.5, 0.6) is 0 Å². The predicted octanol–water partition coefficient (Wildman–Crippen LogP) is 3.81. The average molecular weight is 295 g/mol. The van der Waals surface area contributed by atoms with Crippen LogP contribution in [0, 0.1) is 40.9 Å². The molecule has 2 nitrogen and oxygen atoms in total. The van der Waals surface area contributed by atoms with Gasteiger partial charge in [-0.15, -0.1) is 0 Å². The van der Waals surface area contributed by atoms with Crippen molar-refractivity contribution in [3.63, 3.8) is 0 Å². The van der Waals surface area contributed by atoms with Crippen LogP contribution >= 0.6 is 0 Å². The van der Waals surface area contributed by atoms with Gasteiger partial charge in [0.05, 0.1) is 0 Å². The van der Waals surface area contributed by atoms with Gasteiger partial charge in [-0.3, -0.25) is 9.79 Å². The molecule has 0 aromatic rings. The summed E-state index contributed by atoms with van der Waals surface area (Å²) in [5.74, 6) is 5.60. The second-order valence-electron chi connectivity index (χ2n) is 9.29. The number of fused-ring (bicyclic) bond motifs is 9. The van der Waals surface area contributed by atoms with Crippen molar-refractivity contribution >= 4 is 12.0 Å². The maximum Gasteiger partial charge on any atom is 0.155 e. The van der Waals surface area contributed by atoms with Gasteiger partial charge in [-0.25, -0.2) is 0 Å². The summed E-state index contributed by atoms with van der Waals surface area (Å²) in [6, 6.07) is 0. The molecule has 1 heterocycles. The number of carbonyl (C=O) groups is 1. The fourth-order valence-corrected chi connectivity index (χ4v) is 7.56. The first-order valence-corrected chi connectivity index (χ1v) is 9.44. The average Bonchev–Trinajstić information content (AvgIpc) is 3.39. The predicted molar refractivity (Wildman–Crippen MR) is 85.7 cm³/mol. The van der Waals surface area contributed by atoms with Crippen molar-refractivity contribution in [1.29, 1.82) is 0 Å². The molecular weight excluding hydrogens is 270 g/mol. The Kier molecular flexibility index (Phi) is 2.04. The molecule has 2 heteroatoms. The summed E-state index contributed by atoms with van der Waals surface area (Å²) in [4.78, 5) is 16.7. The van der Waals surface area contributed by atoms with E-state index in [1.807, 2.05) is 0 Å². The lowest BCUT2D eigenvalue weighted by molar-refractivity contribution is -0.116. The van der Waals surface area contributed by atoms with Gasteiger partial charge >= 0.3 is 0 Å². The Labute approximate surface area is 132 Å². The molecule has 1 spiro atoms. The van der Waals surface area contributed by atoms with Crippen LogP contribution in [-0.4, -0.2) is 17.5 Å². The maximum atomic E-state index is 11.9. The number of allylic oxidation sites excluding steroid dienone is 1. The largest absolute Gasteiger partial charge is 0.295 e. The van der Waals surface area contributed by atoms with E-state index in [-0.39, 0.29) is 5.54 Å². The number of rotatable bonds is 0. The molecule has 5 aliphatic carbocycles. The maximum absolute atomic E-state index is 11.9. The summed E-state index contributed by atoms with van der Waals surface area (Å²) in [5.41, 5.74) is 2.33. The van der Waals surface area contributed by atoms with Crippen molar-refractivity contribution in [3.8, 4) is 0 Å². The van der Waals surface area contributed by atoms with E-state index in [0.717, 1.165) is 48.3 Å². The highest BCUT2D eigenvalue weighted by Gasteiger charge is 2.69. The van der Waals surface area contributed by atoms with Crippen molar-refractivity contribution in [1.82, 2.24) is 0 Å². The minimum Gasteiger partial charge on any atom is -0.295 e. The third-order valence-corrected chi connectivity index (χ3v) is 8.78. The Morgan fingerprint density at radius 3 is 2.82 bits per heavy atom. The highest BCUT2D eigenvalue weighted by Crippen LogP contribution is 2.73. The van der Waals surface area contributed by atoms with Crippen LogP contribution in [0.1, 0.15) is 51.9 Å². The van der Waals surface area contributed by atoms with E-state index in [9.17, 15) is 4.79 Å². The molecule has 6 rings (SSSR count). The van der Waals surface area contributed by atoms with Crippen LogP contribution in [0.25, 0.3) is 0 Å². The molecule has 1 aliphatic heterocycles. The molecule has 0 saturated heterocycles. The highest BCUT2D eigenvalue weighted by atomic mass is 16.1. The first-order chi connectivity index (χ1) is 10.6. The van der Waals surface area contributed by atoms with Gasteiger partial charge in [0.25, 0.3) is 0 Å². The van der Waals surface area contributed by atoms with Gasteiger partial charge in [-0.2, -0.15) is 0 Å². The lowest BCUT2D eigenvalue weighted by atomic mass is 9.51. The molecule has 0 radical (unpaired) electrons. The quantitative estimate of drug-likeness (QED) is 0.668. The van der Waals surface area contributed by atoms with Crippen LogP contribution in [0.3, 0.4) is 0 Å². The SMILES string of the molecule is C[C@]12CC[C@H]3[C@@H]([C@@H]4C[C@@H]4C4=CC(=O)CC[C@@H]43)[C@@H]1CC[C@@]21C=N1. The summed E-state index contributed by atoms with van der Waals surface area (Å²) in [5, 5.41) is 0. The Balaban J connectivity index is 1.40. The van der Waals surface area contributed by atoms with Gasteiger partial charge in [-0.1, -0.05) is 12.5 Å². The zero-order valence-electron chi connectivity index (χ0n) is 13.4. The number of aliphatic imine (C=N–C) groups is 1. The summed E-state index contributed by atoms with van der Waals surface area (Å²) in [7, 11) is 0. The Morgan fingerprint density at radius 2 is 2.00 bits per heavy atom. The Hall–Kier alpha value is -0.920. The lowest BCUT2D eigenvalue weighted by Gasteiger charge is -2.53. The van der Waals surface area contributed by atoms with Crippen LogP contribution in [-0.2, 0) is 4.79 Å². The van der Waals surface area contributed by atoms with Gasteiger partial charge in [0, 0.05) is 18.1 Å². The molecule has 0 unspecified atom stereocenters. The smallest absolute Gasteiger partial charge is 0.155 e. The van der Waals surface area contributed by atoms with E-state index in [4.69, 9.17) is 4.99 Å². The van der Waals surface area contributed by atoms with E-state index >= 15 is 0 Å². The van der Waals surface area contributed by atoms with E-state index in [1.165, 1.54) is 32.1 Å². The highest BCUT2D eigenvalue weighted by molar-refractivity contribution is 5.91. The van der Waals surface area contributed by atoms with Gasteiger partial charge < -0.3 is 0 Å².